The molecular weight excluding hydrogens is 542 g/mol. The van der Waals surface area contributed by atoms with Crippen molar-refractivity contribution in [1.82, 2.24) is 4.57 Å². The number of rotatable bonds is 9. The average Bonchev–Trinajstić information content (AvgIpc) is 3.64. The Morgan fingerprint density at radius 2 is 1.64 bits per heavy atom. The van der Waals surface area contributed by atoms with Crippen molar-refractivity contribution in [2.45, 2.75) is 137 Å². The Labute approximate surface area is 268 Å². The highest BCUT2D eigenvalue weighted by Crippen LogP contribution is 2.37. The average molecular weight is 604 g/mol. The summed E-state index contributed by atoms with van der Waals surface area (Å²) < 4.78 is 13.4. The molecule has 2 heterocycles. The predicted octanol–water partition coefficient (Wildman–Crippen LogP) is 11.2. The molecule has 0 amide bonds. The van der Waals surface area contributed by atoms with Crippen molar-refractivity contribution in [2.24, 2.45) is 5.92 Å². The van der Waals surface area contributed by atoms with E-state index in [9.17, 15) is 5.11 Å². The fourth-order valence-corrected chi connectivity index (χ4v) is 6.32. The van der Waals surface area contributed by atoms with Crippen LogP contribution in [-0.2, 0) is 4.74 Å². The molecule has 2 fully saturated rings. The van der Waals surface area contributed by atoms with E-state index < -0.39 is 6.10 Å². The molecule has 0 spiro atoms. The number of nitrogens with zero attached hydrogens (tertiary/aromatic N) is 1. The Bertz CT molecular complexity index is 1240. The Kier molecular flexibility index (Phi) is 15.6. The quantitative estimate of drug-likeness (QED) is 0.265. The number of aliphatic hydroxyl groups is 1. The van der Waals surface area contributed by atoms with Gasteiger partial charge < -0.3 is 19.1 Å². The minimum Gasteiger partial charge on any atom is -0.491 e. The van der Waals surface area contributed by atoms with Gasteiger partial charge in [0.15, 0.2) is 0 Å². The topological polar surface area (TPSA) is 43.6 Å². The number of fused-ring (bicyclic) bond motifs is 1. The summed E-state index contributed by atoms with van der Waals surface area (Å²) in [7, 11) is 0. The summed E-state index contributed by atoms with van der Waals surface area (Å²) in [6, 6.07) is 14.8. The number of allylic oxidation sites excluding steroid dienone is 1. The Hall–Kier alpha value is -2.56. The van der Waals surface area contributed by atoms with Gasteiger partial charge in [0.05, 0.1) is 17.7 Å². The molecule has 0 radical (unpaired) electrons. The highest BCUT2D eigenvalue weighted by molar-refractivity contribution is 5.96. The smallest absolute Gasteiger partial charge is 0.120 e. The summed E-state index contributed by atoms with van der Waals surface area (Å²) in [5.74, 6) is 1.80. The number of aromatic nitrogens is 1. The van der Waals surface area contributed by atoms with E-state index in [0.717, 1.165) is 53.3 Å². The second kappa shape index (κ2) is 19.1. The van der Waals surface area contributed by atoms with Gasteiger partial charge in [-0.2, -0.15) is 0 Å². The molecule has 44 heavy (non-hydrogen) atoms. The number of aryl methyl sites for hydroxylation is 1. The van der Waals surface area contributed by atoms with Crippen LogP contribution in [0, 0.1) is 19.8 Å². The Morgan fingerprint density at radius 1 is 0.955 bits per heavy atom. The summed E-state index contributed by atoms with van der Waals surface area (Å²) in [6.07, 6.45) is 17.0. The first-order valence-corrected chi connectivity index (χ1v) is 17.6. The zero-order valence-electron chi connectivity index (χ0n) is 28.8. The zero-order chi connectivity index (χ0) is 31.9. The van der Waals surface area contributed by atoms with Gasteiger partial charge >= 0.3 is 0 Å². The van der Waals surface area contributed by atoms with Crippen molar-refractivity contribution < 1.29 is 14.6 Å². The van der Waals surface area contributed by atoms with Gasteiger partial charge in [0, 0.05) is 28.9 Å². The molecule has 1 saturated heterocycles. The molecule has 1 aromatic heterocycles. The number of hydrogen-bond acceptors (Lipinski definition) is 3. The lowest BCUT2D eigenvalue weighted by molar-refractivity contribution is 0.104. The highest BCUT2D eigenvalue weighted by Gasteiger charge is 2.18. The minimum absolute atomic E-state index is 0.310. The van der Waals surface area contributed by atoms with Gasteiger partial charge in [0.25, 0.3) is 0 Å². The Morgan fingerprint density at radius 3 is 2.20 bits per heavy atom. The number of aliphatic hydroxyl groups excluding tert-OH is 1. The fraction of sp³-hybridized carbons (Fsp3) is 0.600. The lowest BCUT2D eigenvalue weighted by Crippen LogP contribution is -2.15. The lowest BCUT2D eigenvalue weighted by atomic mass is 9.93. The first-order valence-electron chi connectivity index (χ1n) is 17.6. The van der Waals surface area contributed by atoms with E-state index in [1.165, 1.54) is 81.0 Å². The standard InChI is InChI=1S/C25H31NO2.C9H18.C6H12O/c1-6-8-18(4)25-19(5)26(20-11-9-17(3)10-12-20)24-14-13-22(15-23(24)25)28-16-21(27)7-2;1-9-7-5-3-2-4-6-8-9;1-2-6-4-3-5-7-6/h9-15,21,27H,4,6-8,16H2,1-3,5H3;9H,2-8H2,1H3;6H,2-5H2,1H3. The molecule has 3 aromatic rings. The molecule has 0 bridgehead atoms. The van der Waals surface area contributed by atoms with Gasteiger partial charge in [-0.25, -0.2) is 0 Å². The van der Waals surface area contributed by atoms with Gasteiger partial charge in [-0.1, -0.05) is 103 Å². The molecule has 2 aromatic carbocycles. The van der Waals surface area contributed by atoms with Gasteiger partial charge in [-0.05, 0) is 87.8 Å². The Balaban J connectivity index is 0.000000267. The molecule has 4 heteroatoms. The molecule has 5 rings (SSSR count). The van der Waals surface area contributed by atoms with E-state index >= 15 is 0 Å². The summed E-state index contributed by atoms with van der Waals surface area (Å²) in [5.41, 5.74) is 7.11. The molecule has 2 aliphatic rings. The van der Waals surface area contributed by atoms with Crippen molar-refractivity contribution in [3.05, 3.63) is 65.9 Å². The van der Waals surface area contributed by atoms with E-state index in [0.29, 0.717) is 19.1 Å². The maximum Gasteiger partial charge on any atom is 0.120 e. The van der Waals surface area contributed by atoms with E-state index in [4.69, 9.17) is 9.47 Å². The van der Waals surface area contributed by atoms with Crippen LogP contribution in [0.2, 0.25) is 0 Å². The van der Waals surface area contributed by atoms with Crippen molar-refractivity contribution in [3.8, 4) is 11.4 Å². The van der Waals surface area contributed by atoms with Crippen molar-refractivity contribution in [1.29, 1.82) is 0 Å². The summed E-state index contributed by atoms with van der Waals surface area (Å²) in [5, 5.41) is 11.0. The molecule has 1 saturated carbocycles. The second-order valence-corrected chi connectivity index (χ2v) is 13.0. The molecule has 2 unspecified atom stereocenters. The number of ether oxygens (including phenoxy) is 2. The maximum atomic E-state index is 9.82. The van der Waals surface area contributed by atoms with Crippen LogP contribution in [0.15, 0.2) is 49.0 Å². The molecule has 1 N–H and O–H groups in total. The monoisotopic (exact) mass is 603 g/mol. The van der Waals surface area contributed by atoms with Gasteiger partial charge in [-0.3, -0.25) is 0 Å². The maximum absolute atomic E-state index is 9.82. The molecule has 4 nitrogen and oxygen atoms in total. The number of benzene rings is 2. The van der Waals surface area contributed by atoms with Gasteiger partial charge in [-0.15, -0.1) is 0 Å². The molecule has 1 aliphatic heterocycles. The van der Waals surface area contributed by atoms with E-state index in [1.54, 1.807) is 0 Å². The normalized spacial score (nSPS) is 17.9. The third-order valence-electron chi connectivity index (χ3n) is 9.16. The second-order valence-electron chi connectivity index (χ2n) is 13.0. The predicted molar refractivity (Wildman–Crippen MR) is 189 cm³/mol. The third-order valence-corrected chi connectivity index (χ3v) is 9.16. The summed E-state index contributed by atoms with van der Waals surface area (Å²) >= 11 is 0. The first kappa shape index (κ1) is 35.9. The van der Waals surface area contributed by atoms with Crippen LogP contribution in [0.4, 0.5) is 0 Å². The minimum atomic E-state index is -0.441. The van der Waals surface area contributed by atoms with Crippen LogP contribution in [-0.4, -0.2) is 35.1 Å². The molecule has 244 valence electrons. The SMILES string of the molecule is C=C(CCC)c1c(C)n(-c2ccc(C)cc2)c2ccc(OCC(O)CC)cc12.CC1CCCCCCC1.CCC1CCCO1. The number of hydrogen-bond donors (Lipinski definition) is 1. The van der Waals surface area contributed by atoms with Crippen LogP contribution in [0.3, 0.4) is 0 Å². The van der Waals surface area contributed by atoms with Crippen LogP contribution in [0.25, 0.3) is 22.2 Å². The highest BCUT2D eigenvalue weighted by atomic mass is 16.5. The largest absolute Gasteiger partial charge is 0.491 e. The molecule has 2 atom stereocenters. The molecular formula is C40H61NO3. The van der Waals surface area contributed by atoms with Crippen LogP contribution >= 0.6 is 0 Å². The fourth-order valence-electron chi connectivity index (χ4n) is 6.32. The van der Waals surface area contributed by atoms with Gasteiger partial charge in [0.1, 0.15) is 12.4 Å². The van der Waals surface area contributed by atoms with Crippen molar-refractivity contribution >= 4 is 16.5 Å². The van der Waals surface area contributed by atoms with Crippen molar-refractivity contribution in [2.75, 3.05) is 13.2 Å². The van der Waals surface area contributed by atoms with E-state index in [2.05, 4.69) is 82.2 Å². The van der Waals surface area contributed by atoms with Crippen molar-refractivity contribution in [3.63, 3.8) is 0 Å². The molecule has 1 aliphatic carbocycles. The first-order chi connectivity index (χ1) is 21.3. The van der Waals surface area contributed by atoms with Crippen LogP contribution < -0.4 is 4.74 Å². The summed E-state index contributed by atoms with van der Waals surface area (Å²) in [4.78, 5) is 0. The zero-order valence-corrected chi connectivity index (χ0v) is 28.8. The van der Waals surface area contributed by atoms with Crippen LogP contribution in [0.1, 0.15) is 128 Å². The van der Waals surface area contributed by atoms with E-state index in [-0.39, 0.29) is 0 Å². The third kappa shape index (κ3) is 10.8. The van der Waals surface area contributed by atoms with Gasteiger partial charge in [0.2, 0.25) is 0 Å². The van der Waals surface area contributed by atoms with E-state index in [1.807, 2.05) is 13.0 Å². The lowest BCUT2D eigenvalue weighted by Gasteiger charge is -2.13. The van der Waals surface area contributed by atoms with Crippen LogP contribution in [0.5, 0.6) is 5.75 Å². The summed E-state index contributed by atoms with van der Waals surface area (Å²) in [6.45, 7) is 18.7.